The lowest BCUT2D eigenvalue weighted by atomic mass is 9.99. The van der Waals surface area contributed by atoms with Gasteiger partial charge in [0.25, 0.3) is 11.1 Å². The molecule has 1 saturated carbocycles. The summed E-state index contributed by atoms with van der Waals surface area (Å²) in [7, 11) is 1.42. The van der Waals surface area contributed by atoms with E-state index >= 15 is 4.39 Å². The number of anilines is 1. The standard InChI is InChI=1S/C22H22FN5O4S/c1-11-6-14(17-16(30-3)9-25-12(2)18(17)23)15(8-24-11)19(29)26-20-27-28-21(33-20)32-13-7-22(4-5-22)31-10-13/h6,8-9,13H,4-5,7,10H2,1-3H3,(H,26,27,29). The van der Waals surface area contributed by atoms with Gasteiger partial charge in [-0.05, 0) is 44.1 Å². The number of pyridine rings is 2. The second-order valence-corrected chi connectivity index (χ2v) is 9.18. The van der Waals surface area contributed by atoms with Crippen LogP contribution in [0.2, 0.25) is 0 Å². The van der Waals surface area contributed by atoms with Gasteiger partial charge in [0.05, 0.1) is 42.3 Å². The predicted molar refractivity (Wildman–Crippen MR) is 118 cm³/mol. The summed E-state index contributed by atoms with van der Waals surface area (Å²) in [4.78, 5) is 21.3. The minimum absolute atomic E-state index is 0.00286. The first-order valence-electron chi connectivity index (χ1n) is 10.5. The van der Waals surface area contributed by atoms with E-state index in [2.05, 4.69) is 25.5 Å². The van der Waals surface area contributed by atoms with E-state index in [1.54, 1.807) is 19.9 Å². The van der Waals surface area contributed by atoms with E-state index in [4.69, 9.17) is 14.2 Å². The van der Waals surface area contributed by atoms with Crippen LogP contribution in [0.4, 0.5) is 9.52 Å². The van der Waals surface area contributed by atoms with Crippen LogP contribution >= 0.6 is 11.3 Å². The van der Waals surface area contributed by atoms with Crippen molar-refractivity contribution in [3.63, 3.8) is 0 Å². The molecule has 9 nitrogen and oxygen atoms in total. The Kier molecular flexibility index (Phi) is 5.45. The van der Waals surface area contributed by atoms with Crippen LogP contribution in [0.25, 0.3) is 11.1 Å². The molecule has 1 aliphatic carbocycles. The van der Waals surface area contributed by atoms with E-state index in [-0.39, 0.29) is 39.4 Å². The van der Waals surface area contributed by atoms with Gasteiger partial charge < -0.3 is 14.2 Å². The molecule has 5 rings (SSSR count). The van der Waals surface area contributed by atoms with Crippen molar-refractivity contribution in [1.29, 1.82) is 0 Å². The van der Waals surface area contributed by atoms with Crippen LogP contribution in [-0.4, -0.2) is 51.5 Å². The maximum absolute atomic E-state index is 15.1. The van der Waals surface area contributed by atoms with E-state index in [9.17, 15) is 4.79 Å². The van der Waals surface area contributed by atoms with Crippen LogP contribution in [0.15, 0.2) is 18.5 Å². The number of carbonyl (C=O) groups excluding carboxylic acids is 1. The van der Waals surface area contributed by atoms with Gasteiger partial charge in [-0.2, -0.15) is 0 Å². The van der Waals surface area contributed by atoms with Gasteiger partial charge in [0, 0.05) is 23.9 Å². The molecule has 2 fully saturated rings. The number of rotatable bonds is 6. The van der Waals surface area contributed by atoms with Crippen LogP contribution in [0.5, 0.6) is 10.9 Å². The van der Waals surface area contributed by atoms with Crippen LogP contribution in [-0.2, 0) is 4.74 Å². The van der Waals surface area contributed by atoms with Gasteiger partial charge in [0.1, 0.15) is 11.9 Å². The summed E-state index contributed by atoms with van der Waals surface area (Å²) in [5, 5.41) is 11.3. The Hall–Kier alpha value is -3.18. The number of methoxy groups -OCH3 is 1. The average molecular weight is 472 g/mol. The number of aromatic nitrogens is 4. The molecule has 1 amide bonds. The molecule has 2 aliphatic rings. The largest absolute Gasteiger partial charge is 0.494 e. The number of hydrogen-bond acceptors (Lipinski definition) is 9. The molecule has 3 aromatic rings. The van der Waals surface area contributed by atoms with Gasteiger partial charge in [0.2, 0.25) is 5.13 Å². The lowest BCUT2D eigenvalue weighted by Gasteiger charge is -2.14. The predicted octanol–water partition coefficient (Wildman–Crippen LogP) is 3.71. The van der Waals surface area contributed by atoms with Crippen molar-refractivity contribution in [2.75, 3.05) is 19.0 Å². The lowest BCUT2D eigenvalue weighted by Crippen LogP contribution is -2.16. The van der Waals surface area contributed by atoms with Crippen molar-refractivity contribution in [3.8, 4) is 22.1 Å². The Balaban J connectivity index is 1.38. The summed E-state index contributed by atoms with van der Waals surface area (Å²) in [6.07, 6.45) is 5.74. The Morgan fingerprint density at radius 2 is 2.09 bits per heavy atom. The highest BCUT2D eigenvalue weighted by atomic mass is 32.1. The van der Waals surface area contributed by atoms with Crippen LogP contribution < -0.4 is 14.8 Å². The van der Waals surface area contributed by atoms with Crippen molar-refractivity contribution in [1.82, 2.24) is 20.2 Å². The fourth-order valence-electron chi connectivity index (χ4n) is 3.90. The molecule has 0 bridgehead atoms. The number of nitrogens with zero attached hydrogens (tertiary/aromatic N) is 4. The minimum Gasteiger partial charge on any atom is -0.494 e. The molecule has 4 heterocycles. The quantitative estimate of drug-likeness (QED) is 0.580. The molecule has 3 aromatic heterocycles. The fourth-order valence-corrected chi connectivity index (χ4v) is 4.56. The molecule has 33 heavy (non-hydrogen) atoms. The van der Waals surface area contributed by atoms with E-state index in [0.717, 1.165) is 30.6 Å². The number of aryl methyl sites for hydroxylation is 2. The van der Waals surface area contributed by atoms with E-state index in [1.165, 1.54) is 19.5 Å². The van der Waals surface area contributed by atoms with Gasteiger partial charge in [-0.15, -0.1) is 5.10 Å². The third-order valence-electron chi connectivity index (χ3n) is 5.81. The first kappa shape index (κ1) is 21.7. The van der Waals surface area contributed by atoms with Gasteiger partial charge in [-0.25, -0.2) is 4.39 Å². The molecule has 0 aromatic carbocycles. The van der Waals surface area contributed by atoms with Gasteiger partial charge in [0.15, 0.2) is 5.82 Å². The first-order valence-corrected chi connectivity index (χ1v) is 11.3. The second-order valence-electron chi connectivity index (χ2n) is 8.24. The van der Waals surface area contributed by atoms with E-state index in [0.29, 0.717) is 23.1 Å². The van der Waals surface area contributed by atoms with Crippen LogP contribution in [0.1, 0.15) is 41.0 Å². The van der Waals surface area contributed by atoms with Gasteiger partial charge in [-0.1, -0.05) is 5.10 Å². The molecule has 1 spiro atoms. The van der Waals surface area contributed by atoms with Gasteiger partial charge >= 0.3 is 0 Å². The fraction of sp³-hybridized carbons (Fsp3) is 0.409. The molecule has 172 valence electrons. The zero-order chi connectivity index (χ0) is 23.2. The summed E-state index contributed by atoms with van der Waals surface area (Å²) in [6, 6.07) is 1.64. The van der Waals surface area contributed by atoms with Crippen LogP contribution in [0.3, 0.4) is 0 Å². The highest BCUT2D eigenvalue weighted by Crippen LogP contribution is 2.48. The normalized spacial score (nSPS) is 18.4. The number of amides is 1. The number of carbonyl (C=O) groups is 1. The topological polar surface area (TPSA) is 108 Å². The third kappa shape index (κ3) is 4.25. The lowest BCUT2D eigenvalue weighted by molar-refractivity contribution is 0.0783. The minimum atomic E-state index is -0.562. The van der Waals surface area contributed by atoms with Crippen molar-refractivity contribution in [2.24, 2.45) is 0 Å². The summed E-state index contributed by atoms with van der Waals surface area (Å²) in [5.74, 6) is -0.846. The highest BCUT2D eigenvalue weighted by molar-refractivity contribution is 7.17. The molecular weight excluding hydrogens is 449 g/mol. The molecule has 1 atom stereocenters. The number of nitrogens with one attached hydrogen (secondary N) is 1. The molecule has 1 aliphatic heterocycles. The molecular formula is C22H22FN5O4S. The van der Waals surface area contributed by atoms with Gasteiger partial charge in [-0.3, -0.25) is 20.1 Å². The molecule has 1 N–H and O–H groups in total. The molecule has 0 radical (unpaired) electrons. The van der Waals surface area contributed by atoms with Crippen molar-refractivity contribution in [2.45, 2.75) is 44.8 Å². The Morgan fingerprint density at radius 1 is 1.27 bits per heavy atom. The monoisotopic (exact) mass is 471 g/mol. The number of hydrogen-bond donors (Lipinski definition) is 1. The molecule has 1 unspecified atom stereocenters. The smallest absolute Gasteiger partial charge is 0.296 e. The summed E-state index contributed by atoms with van der Waals surface area (Å²) in [5.41, 5.74) is 1.48. The summed E-state index contributed by atoms with van der Waals surface area (Å²) < 4.78 is 32.0. The number of ether oxygens (including phenoxy) is 3. The third-order valence-corrected chi connectivity index (χ3v) is 6.54. The Labute approximate surface area is 193 Å². The zero-order valence-electron chi connectivity index (χ0n) is 18.3. The number of halogens is 1. The average Bonchev–Trinajstić information content (AvgIpc) is 3.21. The second kappa shape index (κ2) is 8.31. The summed E-state index contributed by atoms with van der Waals surface area (Å²) >= 11 is 1.12. The highest BCUT2D eigenvalue weighted by Gasteiger charge is 2.51. The molecule has 1 saturated heterocycles. The maximum Gasteiger partial charge on any atom is 0.296 e. The SMILES string of the molecule is COc1cnc(C)c(F)c1-c1cc(C)ncc1C(=O)Nc1nnc(OC2COC3(CC3)C2)s1. The first-order chi connectivity index (χ1) is 15.9. The van der Waals surface area contributed by atoms with E-state index < -0.39 is 11.7 Å². The van der Waals surface area contributed by atoms with Crippen molar-refractivity contribution >= 4 is 22.4 Å². The van der Waals surface area contributed by atoms with Crippen LogP contribution in [0, 0.1) is 19.7 Å². The zero-order valence-corrected chi connectivity index (χ0v) is 19.2. The summed E-state index contributed by atoms with van der Waals surface area (Å²) in [6.45, 7) is 3.84. The Morgan fingerprint density at radius 3 is 2.82 bits per heavy atom. The van der Waals surface area contributed by atoms with Crippen molar-refractivity contribution < 1.29 is 23.4 Å². The van der Waals surface area contributed by atoms with E-state index in [1.807, 2.05) is 0 Å². The maximum atomic E-state index is 15.1. The molecule has 11 heteroatoms. The van der Waals surface area contributed by atoms with Crippen molar-refractivity contribution in [3.05, 3.63) is 41.2 Å². The Bertz CT molecular complexity index is 1230.